The van der Waals surface area contributed by atoms with Crippen molar-refractivity contribution in [2.75, 3.05) is 14.1 Å². The number of nitrogens with zero attached hydrogens (tertiary/aromatic N) is 2. The first kappa shape index (κ1) is 15.7. The third-order valence-electron chi connectivity index (χ3n) is 3.11. The average Bonchev–Trinajstić information content (AvgIpc) is 2.27. The number of hydrogen-bond acceptors (Lipinski definition) is 2. The molecule has 0 aliphatic rings. The molecule has 2 unspecified atom stereocenters. The van der Waals surface area contributed by atoms with E-state index in [1.54, 1.807) is 25.9 Å². The first-order valence-electron chi connectivity index (χ1n) is 6.09. The zero-order valence-electron chi connectivity index (χ0n) is 11.4. The molecule has 0 saturated carbocycles. The number of carbonyl (C=O) groups excluding carboxylic acids is 1. The van der Waals surface area contributed by atoms with Gasteiger partial charge in [-0.05, 0) is 19.8 Å². The lowest BCUT2D eigenvalue weighted by Crippen LogP contribution is -2.49. The molecule has 0 rings (SSSR count). The smallest absolute Gasteiger partial charge is 0.326 e. The molecule has 0 aliphatic carbocycles. The summed E-state index contributed by atoms with van der Waals surface area (Å²) in [6.07, 6.45) is 2.33. The van der Waals surface area contributed by atoms with Gasteiger partial charge in [0.1, 0.15) is 6.04 Å². The molecule has 5 heteroatoms. The van der Waals surface area contributed by atoms with E-state index >= 15 is 0 Å². The lowest BCUT2D eigenvalue weighted by Gasteiger charge is -2.32. The van der Waals surface area contributed by atoms with Crippen LogP contribution in [0, 0.1) is 0 Å². The largest absolute Gasteiger partial charge is 0.480 e. The third-order valence-corrected chi connectivity index (χ3v) is 3.11. The van der Waals surface area contributed by atoms with Crippen molar-refractivity contribution in [2.24, 2.45) is 0 Å². The zero-order valence-corrected chi connectivity index (χ0v) is 11.4. The summed E-state index contributed by atoms with van der Waals surface area (Å²) >= 11 is 0. The van der Waals surface area contributed by atoms with Gasteiger partial charge in [0, 0.05) is 20.1 Å². The summed E-state index contributed by atoms with van der Waals surface area (Å²) in [5.41, 5.74) is 0. The summed E-state index contributed by atoms with van der Waals surface area (Å²) in [4.78, 5) is 25.9. The van der Waals surface area contributed by atoms with Crippen LogP contribution in [-0.4, -0.2) is 53.1 Å². The lowest BCUT2D eigenvalue weighted by molar-refractivity contribution is -0.142. The summed E-state index contributed by atoms with van der Waals surface area (Å²) in [5.74, 6) is -0.958. The Morgan fingerprint density at radius 2 is 1.71 bits per heavy atom. The first-order chi connectivity index (χ1) is 7.86. The second-order valence-corrected chi connectivity index (χ2v) is 4.40. The molecule has 0 saturated heterocycles. The fourth-order valence-electron chi connectivity index (χ4n) is 1.80. The highest BCUT2D eigenvalue weighted by molar-refractivity contribution is 5.82. The van der Waals surface area contributed by atoms with E-state index in [1.807, 2.05) is 6.92 Å². The second-order valence-electron chi connectivity index (χ2n) is 4.40. The van der Waals surface area contributed by atoms with Crippen molar-refractivity contribution in [3.63, 3.8) is 0 Å². The Bertz CT molecular complexity index is 268. The predicted octanol–water partition coefficient (Wildman–Crippen LogP) is 2.02. The van der Waals surface area contributed by atoms with Crippen molar-refractivity contribution in [3.8, 4) is 0 Å². The topological polar surface area (TPSA) is 60.9 Å². The van der Waals surface area contributed by atoms with Gasteiger partial charge in [-0.3, -0.25) is 0 Å². The van der Waals surface area contributed by atoms with Crippen molar-refractivity contribution in [1.82, 2.24) is 9.80 Å². The summed E-state index contributed by atoms with van der Waals surface area (Å²) < 4.78 is 0. The van der Waals surface area contributed by atoms with Crippen LogP contribution in [0.25, 0.3) is 0 Å². The van der Waals surface area contributed by atoms with E-state index in [1.165, 1.54) is 4.90 Å². The van der Waals surface area contributed by atoms with E-state index < -0.39 is 12.0 Å². The Kier molecular flexibility index (Phi) is 6.61. The maximum atomic E-state index is 12.1. The number of amides is 2. The van der Waals surface area contributed by atoms with Crippen LogP contribution >= 0.6 is 0 Å². The Morgan fingerprint density at radius 3 is 2.06 bits per heavy atom. The molecule has 0 radical (unpaired) electrons. The van der Waals surface area contributed by atoms with Crippen molar-refractivity contribution in [3.05, 3.63) is 0 Å². The van der Waals surface area contributed by atoms with Crippen LogP contribution in [0.4, 0.5) is 4.79 Å². The van der Waals surface area contributed by atoms with Gasteiger partial charge >= 0.3 is 12.0 Å². The molecule has 100 valence electrons. The van der Waals surface area contributed by atoms with Crippen molar-refractivity contribution < 1.29 is 14.7 Å². The standard InChI is InChI=1S/C12H24N2O3/c1-6-8-9(3)13(4)12(17)14(5)10(7-2)11(15)16/h9-10H,6-8H2,1-5H3,(H,15,16). The molecule has 0 heterocycles. The first-order valence-corrected chi connectivity index (χ1v) is 6.09. The number of urea groups is 1. The molecule has 0 fully saturated rings. The Balaban J connectivity index is 4.62. The molecule has 2 amide bonds. The fourth-order valence-corrected chi connectivity index (χ4v) is 1.80. The number of likely N-dealkylation sites (N-methyl/N-ethyl adjacent to an activating group) is 1. The van der Waals surface area contributed by atoms with Gasteiger partial charge in [-0.1, -0.05) is 20.3 Å². The Labute approximate surface area is 103 Å². The molecule has 5 nitrogen and oxygen atoms in total. The van der Waals surface area contributed by atoms with Crippen LogP contribution in [0.15, 0.2) is 0 Å². The monoisotopic (exact) mass is 244 g/mol. The van der Waals surface area contributed by atoms with Crippen LogP contribution in [0.2, 0.25) is 0 Å². The maximum Gasteiger partial charge on any atom is 0.326 e. The van der Waals surface area contributed by atoms with Gasteiger partial charge in [-0.2, -0.15) is 0 Å². The molecule has 0 aromatic rings. The molecule has 0 bridgehead atoms. The molecule has 0 spiro atoms. The van der Waals surface area contributed by atoms with Crippen molar-refractivity contribution in [2.45, 2.75) is 52.1 Å². The summed E-state index contributed by atoms with van der Waals surface area (Å²) in [6.45, 7) is 5.79. The minimum Gasteiger partial charge on any atom is -0.480 e. The summed E-state index contributed by atoms with van der Waals surface area (Å²) in [7, 11) is 3.26. The number of hydrogen-bond donors (Lipinski definition) is 1. The predicted molar refractivity (Wildman–Crippen MR) is 67.0 cm³/mol. The molecular formula is C12H24N2O3. The van der Waals surface area contributed by atoms with Crippen molar-refractivity contribution >= 4 is 12.0 Å². The number of aliphatic carboxylic acids is 1. The van der Waals surface area contributed by atoms with Gasteiger partial charge < -0.3 is 14.9 Å². The quantitative estimate of drug-likeness (QED) is 0.777. The molecular weight excluding hydrogens is 220 g/mol. The van der Waals surface area contributed by atoms with Gasteiger partial charge in [-0.25, -0.2) is 9.59 Å². The van der Waals surface area contributed by atoms with E-state index in [2.05, 4.69) is 6.92 Å². The number of carbonyl (C=O) groups is 2. The van der Waals surface area contributed by atoms with Gasteiger partial charge in [0.25, 0.3) is 0 Å². The Morgan fingerprint density at radius 1 is 1.18 bits per heavy atom. The van der Waals surface area contributed by atoms with E-state index in [9.17, 15) is 9.59 Å². The zero-order chi connectivity index (χ0) is 13.6. The van der Waals surface area contributed by atoms with Crippen LogP contribution in [0.3, 0.4) is 0 Å². The number of carboxylic acids is 1. The van der Waals surface area contributed by atoms with E-state index in [0.29, 0.717) is 6.42 Å². The number of rotatable bonds is 6. The Hall–Kier alpha value is -1.26. The van der Waals surface area contributed by atoms with E-state index in [0.717, 1.165) is 12.8 Å². The molecule has 17 heavy (non-hydrogen) atoms. The summed E-state index contributed by atoms with van der Waals surface area (Å²) in [5, 5.41) is 9.00. The maximum absolute atomic E-state index is 12.1. The SMILES string of the molecule is CCCC(C)N(C)C(=O)N(C)C(CC)C(=O)O. The lowest BCUT2D eigenvalue weighted by atomic mass is 10.1. The second kappa shape index (κ2) is 7.14. The highest BCUT2D eigenvalue weighted by atomic mass is 16.4. The van der Waals surface area contributed by atoms with E-state index in [4.69, 9.17) is 5.11 Å². The molecule has 1 N–H and O–H groups in total. The summed E-state index contributed by atoms with van der Waals surface area (Å²) in [6, 6.07) is -0.861. The van der Waals surface area contributed by atoms with Gasteiger partial charge in [0.2, 0.25) is 0 Å². The van der Waals surface area contributed by atoms with Gasteiger partial charge in [0.05, 0.1) is 0 Å². The molecule has 0 aliphatic heterocycles. The molecule has 2 atom stereocenters. The minimum absolute atomic E-state index is 0.126. The molecule has 0 aromatic heterocycles. The van der Waals surface area contributed by atoms with Crippen LogP contribution in [0.5, 0.6) is 0 Å². The van der Waals surface area contributed by atoms with E-state index in [-0.39, 0.29) is 12.1 Å². The number of carboxylic acid groups (broad SMARTS) is 1. The fraction of sp³-hybridized carbons (Fsp3) is 0.833. The highest BCUT2D eigenvalue weighted by Gasteiger charge is 2.28. The third kappa shape index (κ3) is 4.24. The van der Waals surface area contributed by atoms with Crippen LogP contribution in [0.1, 0.15) is 40.0 Å². The van der Waals surface area contributed by atoms with Crippen LogP contribution < -0.4 is 0 Å². The van der Waals surface area contributed by atoms with Crippen LogP contribution in [-0.2, 0) is 4.79 Å². The highest BCUT2D eigenvalue weighted by Crippen LogP contribution is 2.10. The van der Waals surface area contributed by atoms with Crippen molar-refractivity contribution in [1.29, 1.82) is 0 Å². The average molecular weight is 244 g/mol. The van der Waals surface area contributed by atoms with Gasteiger partial charge in [-0.15, -0.1) is 0 Å². The molecule has 0 aromatic carbocycles. The normalized spacial score (nSPS) is 13.9. The van der Waals surface area contributed by atoms with Gasteiger partial charge in [0.15, 0.2) is 0 Å². The minimum atomic E-state index is -0.958.